The van der Waals surface area contributed by atoms with Crippen molar-refractivity contribution in [2.75, 3.05) is 13.2 Å². The summed E-state index contributed by atoms with van der Waals surface area (Å²) in [6, 6.07) is 1.28. The second kappa shape index (κ2) is 5.40. The molecule has 1 atom stereocenters. The summed E-state index contributed by atoms with van der Waals surface area (Å²) in [6.07, 6.45) is 1.89. The standard InChI is InChI=1S/C11H14ClNO4S2/c1-11(3-2-4-17-11)7-13-10(14)8-5-9(18-6-8)19(12,15)16/h5-6H,2-4,7H2,1H3,(H,13,14). The van der Waals surface area contributed by atoms with Gasteiger partial charge in [0.25, 0.3) is 15.0 Å². The van der Waals surface area contributed by atoms with Crippen molar-refractivity contribution in [2.45, 2.75) is 29.6 Å². The van der Waals surface area contributed by atoms with Gasteiger partial charge in [0.15, 0.2) is 0 Å². The van der Waals surface area contributed by atoms with E-state index in [4.69, 9.17) is 15.4 Å². The van der Waals surface area contributed by atoms with Crippen LogP contribution in [0.1, 0.15) is 30.1 Å². The molecule has 8 heteroatoms. The van der Waals surface area contributed by atoms with Gasteiger partial charge in [-0.2, -0.15) is 0 Å². The third-order valence-electron chi connectivity index (χ3n) is 3.00. The van der Waals surface area contributed by atoms with E-state index in [-0.39, 0.29) is 15.7 Å². The van der Waals surface area contributed by atoms with E-state index >= 15 is 0 Å². The number of hydrogen-bond acceptors (Lipinski definition) is 5. The summed E-state index contributed by atoms with van der Waals surface area (Å²) in [4.78, 5) is 11.9. The molecule has 19 heavy (non-hydrogen) atoms. The van der Waals surface area contributed by atoms with Crippen LogP contribution in [0.2, 0.25) is 0 Å². The molecule has 0 bridgehead atoms. The first-order valence-electron chi connectivity index (χ1n) is 5.76. The number of thiophene rings is 1. The second-order valence-corrected chi connectivity index (χ2v) is 8.38. The number of hydrogen-bond donors (Lipinski definition) is 1. The summed E-state index contributed by atoms with van der Waals surface area (Å²) in [7, 11) is 1.44. The van der Waals surface area contributed by atoms with Crippen molar-refractivity contribution in [1.82, 2.24) is 5.32 Å². The van der Waals surface area contributed by atoms with Crippen molar-refractivity contribution in [3.05, 3.63) is 17.0 Å². The molecule has 0 aliphatic carbocycles. The van der Waals surface area contributed by atoms with Crippen LogP contribution in [-0.4, -0.2) is 33.1 Å². The fourth-order valence-corrected chi connectivity index (χ4v) is 3.86. The van der Waals surface area contributed by atoms with E-state index in [9.17, 15) is 13.2 Å². The monoisotopic (exact) mass is 323 g/mol. The molecule has 106 valence electrons. The van der Waals surface area contributed by atoms with Crippen molar-refractivity contribution in [3.63, 3.8) is 0 Å². The Balaban J connectivity index is 1.99. The highest BCUT2D eigenvalue weighted by Crippen LogP contribution is 2.25. The van der Waals surface area contributed by atoms with Gasteiger partial charge in [-0.05, 0) is 25.8 Å². The van der Waals surface area contributed by atoms with Crippen molar-refractivity contribution >= 4 is 37.0 Å². The number of rotatable bonds is 4. The number of carbonyl (C=O) groups is 1. The van der Waals surface area contributed by atoms with Gasteiger partial charge in [-0.15, -0.1) is 11.3 Å². The summed E-state index contributed by atoms with van der Waals surface area (Å²) < 4.78 is 27.8. The molecule has 1 aromatic heterocycles. The second-order valence-electron chi connectivity index (χ2n) is 4.68. The van der Waals surface area contributed by atoms with E-state index in [0.29, 0.717) is 18.7 Å². The van der Waals surface area contributed by atoms with Gasteiger partial charge in [-0.3, -0.25) is 4.79 Å². The molecular weight excluding hydrogens is 310 g/mol. The Labute approximate surface area is 120 Å². The molecule has 1 amide bonds. The van der Waals surface area contributed by atoms with Gasteiger partial charge < -0.3 is 10.1 Å². The topological polar surface area (TPSA) is 72.5 Å². The molecule has 0 saturated carbocycles. The molecule has 1 fully saturated rings. The van der Waals surface area contributed by atoms with Crippen molar-refractivity contribution in [2.24, 2.45) is 0 Å². The van der Waals surface area contributed by atoms with Gasteiger partial charge in [0.05, 0.1) is 11.2 Å². The lowest BCUT2D eigenvalue weighted by atomic mass is 10.0. The minimum absolute atomic E-state index is 0.0253. The van der Waals surface area contributed by atoms with E-state index in [0.717, 1.165) is 24.2 Å². The Morgan fingerprint density at radius 3 is 2.89 bits per heavy atom. The number of carbonyl (C=O) groups excluding carboxylic acids is 1. The first-order valence-corrected chi connectivity index (χ1v) is 8.94. The molecule has 0 radical (unpaired) electrons. The third-order valence-corrected chi connectivity index (χ3v) is 6.04. The molecule has 1 unspecified atom stereocenters. The van der Waals surface area contributed by atoms with Crippen LogP contribution < -0.4 is 5.32 Å². The maximum absolute atomic E-state index is 11.9. The van der Waals surface area contributed by atoms with Gasteiger partial charge >= 0.3 is 0 Å². The fourth-order valence-electron chi connectivity index (χ4n) is 1.91. The summed E-state index contributed by atoms with van der Waals surface area (Å²) >= 11 is 0.930. The third kappa shape index (κ3) is 3.68. The first-order chi connectivity index (χ1) is 8.80. The van der Waals surface area contributed by atoms with Gasteiger partial charge in [0, 0.05) is 29.2 Å². The summed E-state index contributed by atoms with van der Waals surface area (Å²) in [5.74, 6) is -0.320. The number of halogens is 1. The van der Waals surface area contributed by atoms with Crippen LogP contribution in [0.15, 0.2) is 15.7 Å². The Bertz CT molecular complexity index is 575. The van der Waals surface area contributed by atoms with Crippen LogP contribution in [-0.2, 0) is 13.8 Å². The lowest BCUT2D eigenvalue weighted by molar-refractivity contribution is 0.0206. The molecule has 5 nitrogen and oxygen atoms in total. The van der Waals surface area contributed by atoms with E-state index in [1.807, 2.05) is 6.92 Å². The molecular formula is C11H14ClNO4S2. The molecule has 1 aliphatic heterocycles. The SMILES string of the molecule is CC1(CNC(=O)c2csc(S(=O)(=O)Cl)c2)CCCO1. The van der Waals surface area contributed by atoms with Gasteiger partial charge in [0.2, 0.25) is 0 Å². The normalized spacial score (nSPS) is 23.5. The number of nitrogens with one attached hydrogen (secondary N) is 1. The molecule has 1 N–H and O–H groups in total. The lowest BCUT2D eigenvalue weighted by Gasteiger charge is -2.23. The Hall–Kier alpha value is -0.630. The summed E-state index contributed by atoms with van der Waals surface area (Å²) in [5.41, 5.74) is -0.0293. The molecule has 1 aromatic rings. The lowest BCUT2D eigenvalue weighted by Crippen LogP contribution is -2.40. The van der Waals surface area contributed by atoms with E-state index in [1.165, 1.54) is 11.4 Å². The minimum atomic E-state index is -3.77. The van der Waals surface area contributed by atoms with E-state index in [1.54, 1.807) is 0 Å². The highest BCUT2D eigenvalue weighted by Gasteiger charge is 2.30. The quantitative estimate of drug-likeness (QED) is 0.860. The Morgan fingerprint density at radius 1 is 1.63 bits per heavy atom. The van der Waals surface area contributed by atoms with Crippen molar-refractivity contribution in [1.29, 1.82) is 0 Å². The van der Waals surface area contributed by atoms with E-state index < -0.39 is 9.05 Å². The average Bonchev–Trinajstić information content (AvgIpc) is 2.94. The summed E-state index contributed by atoms with van der Waals surface area (Å²) in [6.45, 7) is 3.06. The molecule has 2 heterocycles. The zero-order valence-electron chi connectivity index (χ0n) is 10.3. The average molecular weight is 324 g/mol. The number of amides is 1. The number of ether oxygens (including phenoxy) is 1. The predicted octanol–water partition coefficient (Wildman–Crippen LogP) is 1.97. The van der Waals surface area contributed by atoms with Gasteiger partial charge in [-0.25, -0.2) is 8.42 Å². The minimum Gasteiger partial charge on any atom is -0.373 e. The molecule has 1 aliphatic rings. The molecule has 1 saturated heterocycles. The van der Waals surface area contributed by atoms with Crippen LogP contribution in [0.3, 0.4) is 0 Å². The van der Waals surface area contributed by atoms with Crippen molar-refractivity contribution < 1.29 is 17.9 Å². The van der Waals surface area contributed by atoms with Crippen LogP contribution >= 0.6 is 22.0 Å². The molecule has 2 rings (SSSR count). The smallest absolute Gasteiger partial charge is 0.270 e. The zero-order chi connectivity index (χ0) is 14.1. The summed E-state index contributed by atoms with van der Waals surface area (Å²) in [5, 5.41) is 4.23. The van der Waals surface area contributed by atoms with Crippen LogP contribution in [0.25, 0.3) is 0 Å². The fraction of sp³-hybridized carbons (Fsp3) is 0.545. The van der Waals surface area contributed by atoms with E-state index in [2.05, 4.69) is 5.32 Å². The van der Waals surface area contributed by atoms with Gasteiger partial charge in [0.1, 0.15) is 4.21 Å². The zero-order valence-corrected chi connectivity index (χ0v) is 12.7. The predicted molar refractivity (Wildman–Crippen MR) is 73.3 cm³/mol. The van der Waals surface area contributed by atoms with Gasteiger partial charge in [-0.1, -0.05) is 0 Å². The maximum atomic E-state index is 11.9. The Kier molecular flexibility index (Phi) is 4.20. The largest absolute Gasteiger partial charge is 0.373 e. The molecule has 0 aromatic carbocycles. The highest BCUT2D eigenvalue weighted by atomic mass is 35.7. The Morgan fingerprint density at radius 2 is 2.37 bits per heavy atom. The molecule has 0 spiro atoms. The highest BCUT2D eigenvalue weighted by molar-refractivity contribution is 8.15. The van der Waals surface area contributed by atoms with Crippen LogP contribution in [0.4, 0.5) is 0 Å². The van der Waals surface area contributed by atoms with Crippen LogP contribution in [0, 0.1) is 0 Å². The first kappa shape index (κ1) is 14.8. The van der Waals surface area contributed by atoms with Crippen molar-refractivity contribution in [3.8, 4) is 0 Å². The van der Waals surface area contributed by atoms with Crippen LogP contribution in [0.5, 0.6) is 0 Å². The maximum Gasteiger partial charge on any atom is 0.270 e.